The van der Waals surface area contributed by atoms with Gasteiger partial charge in [0.1, 0.15) is 0 Å². The molecule has 0 aliphatic rings. The van der Waals surface area contributed by atoms with E-state index >= 15 is 0 Å². The van der Waals surface area contributed by atoms with E-state index in [1.54, 1.807) is 36.1 Å². The minimum Gasteiger partial charge on any atom is -0.465 e. The maximum Gasteiger partial charge on any atom is 0.337 e. The van der Waals surface area contributed by atoms with Gasteiger partial charge < -0.3 is 14.5 Å². The monoisotopic (exact) mass is 334 g/mol. The topological polar surface area (TPSA) is 68.2 Å². The summed E-state index contributed by atoms with van der Waals surface area (Å²) in [6.45, 7) is 9.55. The van der Waals surface area contributed by atoms with Gasteiger partial charge in [-0.25, -0.2) is 4.79 Å². The molecule has 6 heteroatoms. The third-order valence-electron chi connectivity index (χ3n) is 3.47. The normalized spacial score (nSPS) is 12.5. The lowest BCUT2D eigenvalue weighted by Crippen LogP contribution is -2.46. The summed E-state index contributed by atoms with van der Waals surface area (Å²) < 4.78 is 4.64. The number of carbonyl (C=O) groups excluding carboxylic acids is 2. The maximum absolute atomic E-state index is 12.4. The van der Waals surface area contributed by atoms with Gasteiger partial charge in [-0.2, -0.15) is 0 Å². The Morgan fingerprint density at radius 2 is 1.58 bits per heavy atom. The maximum atomic E-state index is 12.4. The predicted molar refractivity (Wildman–Crippen MR) is 93.0 cm³/mol. The number of nitrogens with zero attached hydrogens (tertiary/aromatic N) is 2. The third-order valence-corrected chi connectivity index (χ3v) is 3.47. The summed E-state index contributed by atoms with van der Waals surface area (Å²) in [6.07, 6.45) is 0.834. The molecule has 1 atom stereocenters. The van der Waals surface area contributed by atoms with Gasteiger partial charge in [-0.1, -0.05) is 17.3 Å². The Balaban J connectivity index is 2.66. The zero-order valence-electron chi connectivity index (χ0n) is 15.1. The summed E-state index contributed by atoms with van der Waals surface area (Å²) in [4.78, 5) is 30.8. The first-order chi connectivity index (χ1) is 11.3. The molecule has 0 bridgehead atoms. The van der Waals surface area contributed by atoms with Crippen LogP contribution in [-0.4, -0.2) is 48.3 Å². The first-order valence-electron chi connectivity index (χ1n) is 7.97. The molecule has 0 spiro atoms. The fraction of sp³-hybridized carbons (Fsp3) is 0.500. The minimum absolute atomic E-state index is 0.0957. The van der Waals surface area contributed by atoms with Crippen LogP contribution in [0, 0.1) is 0 Å². The van der Waals surface area contributed by atoms with Crippen LogP contribution in [0.2, 0.25) is 0 Å². The second-order valence-electron chi connectivity index (χ2n) is 6.03. The summed E-state index contributed by atoms with van der Waals surface area (Å²) in [5.74, 6) is -0.491. The first-order valence-corrected chi connectivity index (χ1v) is 7.97. The van der Waals surface area contributed by atoms with Crippen LogP contribution in [0.1, 0.15) is 50.5 Å². The number of oxime groups is 1. The zero-order valence-corrected chi connectivity index (χ0v) is 15.1. The highest BCUT2D eigenvalue weighted by atomic mass is 16.6. The summed E-state index contributed by atoms with van der Waals surface area (Å²) in [5, 5.41) is 3.87. The highest BCUT2D eigenvalue weighted by Crippen LogP contribution is 2.10. The Morgan fingerprint density at radius 3 is 2.04 bits per heavy atom. The van der Waals surface area contributed by atoms with E-state index in [1.807, 2.05) is 27.7 Å². The largest absolute Gasteiger partial charge is 0.465 e. The van der Waals surface area contributed by atoms with Crippen LogP contribution in [0.5, 0.6) is 0 Å². The molecule has 24 heavy (non-hydrogen) atoms. The lowest BCUT2D eigenvalue weighted by Gasteiger charge is -2.32. The molecule has 0 radical (unpaired) electrons. The molecular weight excluding hydrogens is 308 g/mol. The highest BCUT2D eigenvalue weighted by Gasteiger charge is 2.26. The van der Waals surface area contributed by atoms with Gasteiger partial charge in [0.25, 0.3) is 5.91 Å². The van der Waals surface area contributed by atoms with Gasteiger partial charge >= 0.3 is 5.97 Å². The lowest BCUT2D eigenvalue weighted by atomic mass is 10.1. The zero-order chi connectivity index (χ0) is 18.3. The number of amides is 1. The van der Waals surface area contributed by atoms with E-state index in [4.69, 9.17) is 4.84 Å². The molecule has 0 N–H and O–H groups in total. The van der Waals surface area contributed by atoms with E-state index in [-0.39, 0.29) is 18.0 Å². The molecule has 0 fully saturated rings. The smallest absolute Gasteiger partial charge is 0.337 e. The molecule has 1 amide bonds. The van der Waals surface area contributed by atoms with Crippen LogP contribution in [0.4, 0.5) is 0 Å². The van der Waals surface area contributed by atoms with Gasteiger partial charge in [0, 0.05) is 12.1 Å². The second kappa shape index (κ2) is 9.05. The Hall–Kier alpha value is -2.37. The Morgan fingerprint density at radius 1 is 1.04 bits per heavy atom. The quantitative estimate of drug-likeness (QED) is 0.437. The third kappa shape index (κ3) is 5.37. The molecule has 0 heterocycles. The molecule has 0 aliphatic carbocycles. The van der Waals surface area contributed by atoms with E-state index < -0.39 is 12.1 Å². The lowest BCUT2D eigenvalue weighted by molar-refractivity contribution is -0.146. The number of ether oxygens (including phenoxy) is 1. The van der Waals surface area contributed by atoms with Gasteiger partial charge in [-0.15, -0.1) is 0 Å². The van der Waals surface area contributed by atoms with Crippen molar-refractivity contribution in [2.45, 2.75) is 52.8 Å². The number of methoxy groups -OCH3 is 1. The Labute approximate surface area is 143 Å². The molecule has 1 aromatic carbocycles. The van der Waals surface area contributed by atoms with E-state index in [0.717, 1.165) is 5.56 Å². The Kier molecular flexibility index (Phi) is 7.42. The van der Waals surface area contributed by atoms with Gasteiger partial charge in [-0.05, 0) is 52.3 Å². The number of hydrogen-bond donors (Lipinski definition) is 0. The standard InChI is InChI=1S/C18H26N2O4/c1-12(2)20(13(3)4)17(21)14(5)24-19-11-15-7-9-16(10-8-15)18(22)23-6/h7-14H,1-6H3/b19-11+. The molecule has 0 aliphatic heterocycles. The molecule has 0 aromatic heterocycles. The van der Waals surface area contributed by atoms with E-state index in [1.165, 1.54) is 13.3 Å². The van der Waals surface area contributed by atoms with Crippen LogP contribution in [0.3, 0.4) is 0 Å². The van der Waals surface area contributed by atoms with Crippen LogP contribution in [0.15, 0.2) is 29.4 Å². The SMILES string of the molecule is COC(=O)c1ccc(/C=N/OC(C)C(=O)N(C(C)C)C(C)C)cc1. The average molecular weight is 334 g/mol. The van der Waals surface area contributed by atoms with Crippen molar-refractivity contribution in [1.29, 1.82) is 0 Å². The number of hydrogen-bond acceptors (Lipinski definition) is 5. The van der Waals surface area contributed by atoms with E-state index in [0.29, 0.717) is 5.56 Å². The van der Waals surface area contributed by atoms with Crippen LogP contribution < -0.4 is 0 Å². The van der Waals surface area contributed by atoms with Gasteiger partial charge in [0.2, 0.25) is 6.10 Å². The van der Waals surface area contributed by atoms with Crippen molar-refractivity contribution in [3.8, 4) is 0 Å². The van der Waals surface area contributed by atoms with Gasteiger partial charge in [0.15, 0.2) is 0 Å². The number of esters is 1. The van der Waals surface area contributed by atoms with Crippen LogP contribution >= 0.6 is 0 Å². The molecule has 132 valence electrons. The molecule has 1 rings (SSSR count). The van der Waals surface area contributed by atoms with Crippen molar-refractivity contribution >= 4 is 18.1 Å². The van der Waals surface area contributed by atoms with Crippen molar-refractivity contribution < 1.29 is 19.2 Å². The minimum atomic E-state index is -0.666. The summed E-state index contributed by atoms with van der Waals surface area (Å²) in [5.41, 5.74) is 1.22. The fourth-order valence-corrected chi connectivity index (χ4v) is 2.37. The molecule has 1 aromatic rings. The number of benzene rings is 1. The highest BCUT2D eigenvalue weighted by molar-refractivity contribution is 5.90. The first kappa shape index (κ1) is 19.7. The second-order valence-corrected chi connectivity index (χ2v) is 6.03. The number of rotatable bonds is 7. The summed E-state index contributed by atoms with van der Waals surface area (Å²) in [6, 6.07) is 6.92. The molecule has 6 nitrogen and oxygen atoms in total. The van der Waals surface area contributed by atoms with E-state index in [2.05, 4.69) is 9.89 Å². The molecule has 0 saturated carbocycles. The van der Waals surface area contributed by atoms with Crippen LogP contribution in [0.25, 0.3) is 0 Å². The van der Waals surface area contributed by atoms with Crippen LogP contribution in [-0.2, 0) is 14.4 Å². The van der Waals surface area contributed by atoms with Gasteiger partial charge in [0.05, 0.1) is 18.9 Å². The predicted octanol–water partition coefficient (Wildman–Crippen LogP) is 2.86. The van der Waals surface area contributed by atoms with Crippen molar-refractivity contribution in [2.75, 3.05) is 7.11 Å². The van der Waals surface area contributed by atoms with Gasteiger partial charge in [-0.3, -0.25) is 4.79 Å². The average Bonchev–Trinajstić information content (AvgIpc) is 2.53. The van der Waals surface area contributed by atoms with Crippen molar-refractivity contribution in [3.05, 3.63) is 35.4 Å². The summed E-state index contributed by atoms with van der Waals surface area (Å²) in [7, 11) is 1.33. The number of carbonyl (C=O) groups is 2. The molecule has 0 saturated heterocycles. The summed E-state index contributed by atoms with van der Waals surface area (Å²) >= 11 is 0. The molecular formula is C18H26N2O4. The molecule has 1 unspecified atom stereocenters. The Bertz CT molecular complexity index is 571. The van der Waals surface area contributed by atoms with Crippen molar-refractivity contribution in [2.24, 2.45) is 5.16 Å². The van der Waals surface area contributed by atoms with E-state index in [9.17, 15) is 9.59 Å². The van der Waals surface area contributed by atoms with Crippen molar-refractivity contribution in [3.63, 3.8) is 0 Å². The fourth-order valence-electron chi connectivity index (χ4n) is 2.37. The van der Waals surface area contributed by atoms with Crippen molar-refractivity contribution in [1.82, 2.24) is 4.90 Å².